The maximum atomic E-state index is 12.4. The second-order valence-corrected chi connectivity index (χ2v) is 7.14. The molecule has 4 amide bonds. The maximum absolute atomic E-state index is 12.4. The van der Waals surface area contributed by atoms with Crippen LogP contribution in [0.4, 0.5) is 0 Å². The molecule has 28 heavy (non-hydrogen) atoms. The Kier molecular flexibility index (Phi) is 8.83. The van der Waals surface area contributed by atoms with E-state index in [4.69, 9.17) is 16.6 Å². The summed E-state index contributed by atoms with van der Waals surface area (Å²) in [6, 6.07) is -2.84. The lowest BCUT2D eigenvalue weighted by molar-refractivity contribution is -0.148. The minimum absolute atomic E-state index is 0.0482. The highest BCUT2D eigenvalue weighted by atomic mass is 16.4. The van der Waals surface area contributed by atoms with E-state index in [0.29, 0.717) is 19.4 Å². The molecule has 1 aliphatic heterocycles. The number of nitrogens with one attached hydrogen (secondary N) is 2. The van der Waals surface area contributed by atoms with E-state index in [2.05, 4.69) is 10.6 Å². The minimum Gasteiger partial charge on any atom is -0.480 e. The first kappa shape index (κ1) is 23.3. The molecule has 3 atom stereocenters. The number of nitrogens with two attached hydrogens (primary N) is 2. The van der Waals surface area contributed by atoms with Crippen molar-refractivity contribution in [2.75, 3.05) is 13.1 Å². The van der Waals surface area contributed by atoms with Crippen molar-refractivity contribution in [3.63, 3.8) is 0 Å². The average molecular weight is 399 g/mol. The molecule has 0 saturated carbocycles. The molecule has 3 unspecified atom stereocenters. The number of carboxylic acid groups (broad SMARTS) is 1. The van der Waals surface area contributed by atoms with Crippen LogP contribution in [0.3, 0.4) is 0 Å². The Morgan fingerprint density at radius 3 is 2.36 bits per heavy atom. The van der Waals surface area contributed by atoms with Crippen LogP contribution in [-0.2, 0) is 24.0 Å². The lowest BCUT2D eigenvalue weighted by atomic mass is 10.0. The normalized spacial score (nSPS) is 18.4. The van der Waals surface area contributed by atoms with Gasteiger partial charge >= 0.3 is 5.97 Å². The molecule has 0 aliphatic carbocycles. The monoisotopic (exact) mass is 399 g/mol. The smallest absolute Gasteiger partial charge is 0.326 e. The molecule has 1 heterocycles. The molecule has 0 bridgehead atoms. The number of amides is 4. The first-order valence-corrected chi connectivity index (χ1v) is 9.18. The number of carbonyl (C=O) groups excluding carboxylic acids is 4. The van der Waals surface area contributed by atoms with Crippen LogP contribution >= 0.6 is 0 Å². The van der Waals surface area contributed by atoms with Crippen LogP contribution in [-0.4, -0.2) is 70.8 Å². The number of aliphatic carboxylic acids is 1. The van der Waals surface area contributed by atoms with Gasteiger partial charge in [-0.1, -0.05) is 13.8 Å². The Bertz CT molecular complexity index is 623. The van der Waals surface area contributed by atoms with E-state index >= 15 is 0 Å². The zero-order chi connectivity index (χ0) is 21.4. The molecule has 11 heteroatoms. The highest BCUT2D eigenvalue weighted by Crippen LogP contribution is 2.17. The summed E-state index contributed by atoms with van der Waals surface area (Å²) in [6.45, 7) is 3.38. The van der Waals surface area contributed by atoms with Gasteiger partial charge in [-0.05, 0) is 25.2 Å². The summed E-state index contributed by atoms with van der Waals surface area (Å²) < 4.78 is 0. The summed E-state index contributed by atoms with van der Waals surface area (Å²) in [5, 5.41) is 14.0. The van der Waals surface area contributed by atoms with Gasteiger partial charge in [0.1, 0.15) is 12.1 Å². The van der Waals surface area contributed by atoms with Gasteiger partial charge in [-0.25, -0.2) is 4.79 Å². The molecule has 0 aromatic carbocycles. The number of rotatable bonds is 10. The lowest BCUT2D eigenvalue weighted by Crippen LogP contribution is -2.54. The standard InChI is InChI=1S/C17H29N5O6/c1-9(2)14(19)16(26)21-10(5-6-12(18)23)15(25)20-8-13(24)22-7-3-4-11(22)17(27)28/h9-11,14H,3-8,19H2,1-2H3,(H2,18,23)(H,20,25)(H,21,26)(H,27,28). The van der Waals surface area contributed by atoms with Gasteiger partial charge in [-0.15, -0.1) is 0 Å². The molecule has 7 N–H and O–H groups in total. The molecular weight excluding hydrogens is 370 g/mol. The molecule has 11 nitrogen and oxygen atoms in total. The largest absolute Gasteiger partial charge is 0.480 e. The van der Waals surface area contributed by atoms with Crippen molar-refractivity contribution in [3.8, 4) is 0 Å². The van der Waals surface area contributed by atoms with Crippen LogP contribution in [0, 0.1) is 5.92 Å². The van der Waals surface area contributed by atoms with E-state index in [-0.39, 0.29) is 18.8 Å². The Morgan fingerprint density at radius 2 is 1.82 bits per heavy atom. The van der Waals surface area contributed by atoms with E-state index in [1.807, 2.05) is 0 Å². The van der Waals surface area contributed by atoms with Gasteiger partial charge in [0.2, 0.25) is 23.6 Å². The second-order valence-electron chi connectivity index (χ2n) is 7.14. The zero-order valence-electron chi connectivity index (χ0n) is 16.1. The Hall–Kier alpha value is -2.69. The van der Waals surface area contributed by atoms with Gasteiger partial charge in [0.15, 0.2) is 0 Å². The molecule has 158 valence electrons. The van der Waals surface area contributed by atoms with Crippen molar-refractivity contribution in [2.24, 2.45) is 17.4 Å². The Balaban J connectivity index is 2.69. The van der Waals surface area contributed by atoms with Crippen molar-refractivity contribution in [1.29, 1.82) is 0 Å². The maximum Gasteiger partial charge on any atom is 0.326 e. The van der Waals surface area contributed by atoms with Crippen molar-refractivity contribution >= 4 is 29.6 Å². The number of hydrogen-bond donors (Lipinski definition) is 5. The van der Waals surface area contributed by atoms with Crippen LogP contribution in [0.5, 0.6) is 0 Å². The molecule has 1 rings (SSSR count). The molecule has 1 aliphatic rings. The molecule has 1 fully saturated rings. The number of carboxylic acids is 1. The highest BCUT2D eigenvalue weighted by Gasteiger charge is 2.34. The van der Waals surface area contributed by atoms with Gasteiger partial charge in [0.25, 0.3) is 0 Å². The van der Waals surface area contributed by atoms with Crippen LogP contribution in [0.15, 0.2) is 0 Å². The zero-order valence-corrected chi connectivity index (χ0v) is 16.1. The summed E-state index contributed by atoms with van der Waals surface area (Å²) in [4.78, 5) is 60.2. The molecule has 0 aromatic heterocycles. The number of hydrogen-bond acceptors (Lipinski definition) is 6. The van der Waals surface area contributed by atoms with Gasteiger partial charge < -0.3 is 32.1 Å². The van der Waals surface area contributed by atoms with Crippen LogP contribution < -0.4 is 22.1 Å². The molecule has 0 aromatic rings. The van der Waals surface area contributed by atoms with Gasteiger partial charge in [-0.3, -0.25) is 19.2 Å². The predicted molar refractivity (Wildman–Crippen MR) is 98.6 cm³/mol. The first-order valence-electron chi connectivity index (χ1n) is 9.18. The van der Waals surface area contributed by atoms with Crippen molar-refractivity contribution in [2.45, 2.75) is 57.7 Å². The van der Waals surface area contributed by atoms with E-state index in [9.17, 15) is 24.0 Å². The average Bonchev–Trinajstić information content (AvgIpc) is 3.11. The number of likely N-dealkylation sites (tertiary alicyclic amines) is 1. The first-order chi connectivity index (χ1) is 13.0. The second kappa shape index (κ2) is 10.6. The summed E-state index contributed by atoms with van der Waals surface area (Å²) in [7, 11) is 0. The van der Waals surface area contributed by atoms with Crippen molar-refractivity contribution in [1.82, 2.24) is 15.5 Å². The molecular formula is C17H29N5O6. The predicted octanol–water partition coefficient (Wildman–Crippen LogP) is -2.09. The fourth-order valence-electron chi connectivity index (χ4n) is 2.84. The third-order valence-corrected chi connectivity index (χ3v) is 4.61. The van der Waals surface area contributed by atoms with Crippen molar-refractivity contribution < 1.29 is 29.1 Å². The molecule has 0 spiro atoms. The van der Waals surface area contributed by atoms with Crippen LogP contribution in [0.1, 0.15) is 39.5 Å². The topological polar surface area (TPSA) is 185 Å². The highest BCUT2D eigenvalue weighted by molar-refractivity contribution is 5.93. The van der Waals surface area contributed by atoms with Crippen molar-refractivity contribution in [3.05, 3.63) is 0 Å². The number of nitrogens with zero attached hydrogens (tertiary/aromatic N) is 1. The third-order valence-electron chi connectivity index (χ3n) is 4.61. The number of carbonyl (C=O) groups is 5. The van der Waals surface area contributed by atoms with Gasteiger partial charge in [-0.2, -0.15) is 0 Å². The fraction of sp³-hybridized carbons (Fsp3) is 0.706. The van der Waals surface area contributed by atoms with Crippen LogP contribution in [0.2, 0.25) is 0 Å². The Labute approximate surface area is 163 Å². The summed E-state index contributed by atoms with van der Waals surface area (Å²) in [5.74, 6) is -3.66. The number of primary amides is 1. The summed E-state index contributed by atoms with van der Waals surface area (Å²) >= 11 is 0. The van der Waals surface area contributed by atoms with Gasteiger partial charge in [0, 0.05) is 13.0 Å². The summed E-state index contributed by atoms with van der Waals surface area (Å²) in [6.07, 6.45) is 0.740. The third kappa shape index (κ3) is 6.80. The van der Waals surface area contributed by atoms with E-state index < -0.39 is 54.3 Å². The lowest BCUT2D eigenvalue weighted by Gasteiger charge is -2.24. The Morgan fingerprint density at radius 1 is 1.18 bits per heavy atom. The van der Waals surface area contributed by atoms with E-state index in [0.717, 1.165) is 0 Å². The summed E-state index contributed by atoms with van der Waals surface area (Å²) in [5.41, 5.74) is 10.9. The minimum atomic E-state index is -1.09. The van der Waals surface area contributed by atoms with E-state index in [1.165, 1.54) is 4.90 Å². The SMILES string of the molecule is CC(C)C(N)C(=O)NC(CCC(N)=O)C(=O)NCC(=O)N1CCCC1C(=O)O. The van der Waals surface area contributed by atoms with Gasteiger partial charge in [0.05, 0.1) is 12.6 Å². The molecule has 1 saturated heterocycles. The van der Waals surface area contributed by atoms with E-state index in [1.54, 1.807) is 13.8 Å². The fourth-order valence-corrected chi connectivity index (χ4v) is 2.84. The molecule has 0 radical (unpaired) electrons. The quantitative estimate of drug-likeness (QED) is 0.279. The van der Waals surface area contributed by atoms with Crippen LogP contribution in [0.25, 0.3) is 0 Å².